The van der Waals surface area contributed by atoms with Crippen LogP contribution in [0, 0.1) is 22.7 Å². The Morgan fingerprint density at radius 3 is 2.07 bits per heavy atom. The zero-order chi connectivity index (χ0) is 23.1. The summed E-state index contributed by atoms with van der Waals surface area (Å²) in [5.41, 5.74) is -0.441. The molecule has 172 valence electrons. The van der Waals surface area contributed by atoms with E-state index in [1.54, 1.807) is 7.11 Å². The molecular formula is C24H42O5Si. The number of ketones is 1. The van der Waals surface area contributed by atoms with Gasteiger partial charge in [0.1, 0.15) is 11.2 Å². The fourth-order valence-electron chi connectivity index (χ4n) is 6.57. The summed E-state index contributed by atoms with van der Waals surface area (Å²) >= 11 is 0. The molecule has 3 atom stereocenters. The van der Waals surface area contributed by atoms with Crippen LogP contribution < -0.4 is 0 Å². The van der Waals surface area contributed by atoms with Gasteiger partial charge in [0.15, 0.2) is 14.1 Å². The summed E-state index contributed by atoms with van der Waals surface area (Å²) in [6, 6.07) is 0. The maximum atomic E-state index is 13.9. The van der Waals surface area contributed by atoms with Crippen LogP contribution in [-0.2, 0) is 23.5 Å². The molecule has 0 aromatic heterocycles. The van der Waals surface area contributed by atoms with Crippen molar-refractivity contribution >= 4 is 20.1 Å². The summed E-state index contributed by atoms with van der Waals surface area (Å²) in [5, 5.41) is 0. The molecule has 0 N–H and O–H groups in total. The topological polar surface area (TPSA) is 61.8 Å². The molecule has 0 saturated heterocycles. The van der Waals surface area contributed by atoms with Crippen LogP contribution in [0.2, 0.25) is 16.6 Å². The summed E-state index contributed by atoms with van der Waals surface area (Å²) < 4.78 is 18.0. The molecule has 5 nitrogen and oxygen atoms in total. The van der Waals surface area contributed by atoms with Crippen molar-refractivity contribution in [2.24, 2.45) is 22.7 Å². The largest absolute Gasteiger partial charge is 0.500 e. The Bertz CT molecular complexity index is 672. The minimum Gasteiger partial charge on any atom is -0.500 e. The SMILES string of the molecule is COC(=O)[C@H]1C[C@@H]2CC=C(OC)[C@@](CO[Si](C(C)C)(C(C)C)C(C)C)(C2=O)C1(C)C. The molecule has 2 rings (SSSR count). The van der Waals surface area contributed by atoms with E-state index in [1.165, 1.54) is 7.11 Å². The maximum absolute atomic E-state index is 13.9. The first kappa shape index (κ1) is 25.1. The number of carbonyl (C=O) groups is 2. The van der Waals surface area contributed by atoms with Gasteiger partial charge in [-0.15, -0.1) is 0 Å². The van der Waals surface area contributed by atoms with E-state index < -0.39 is 19.1 Å². The minimum absolute atomic E-state index is 0.158. The number of hydrogen-bond acceptors (Lipinski definition) is 5. The highest BCUT2D eigenvalue weighted by Gasteiger charge is 2.66. The molecule has 0 heterocycles. The predicted octanol–water partition coefficient (Wildman–Crippen LogP) is 5.50. The van der Waals surface area contributed by atoms with E-state index in [2.05, 4.69) is 41.5 Å². The maximum Gasteiger partial charge on any atom is 0.309 e. The average Bonchev–Trinajstić information content (AvgIpc) is 2.65. The second-order valence-corrected chi connectivity index (χ2v) is 16.1. The van der Waals surface area contributed by atoms with Crippen LogP contribution in [0.3, 0.4) is 0 Å². The monoisotopic (exact) mass is 438 g/mol. The number of ether oxygens (including phenoxy) is 2. The third kappa shape index (κ3) is 3.48. The van der Waals surface area contributed by atoms with Gasteiger partial charge < -0.3 is 13.9 Å². The lowest BCUT2D eigenvalue weighted by Gasteiger charge is -2.57. The molecule has 0 aromatic carbocycles. The van der Waals surface area contributed by atoms with E-state index in [0.29, 0.717) is 35.2 Å². The third-order valence-corrected chi connectivity index (χ3v) is 14.3. The first-order chi connectivity index (χ1) is 13.8. The van der Waals surface area contributed by atoms with Crippen molar-refractivity contribution in [2.75, 3.05) is 20.8 Å². The zero-order valence-corrected chi connectivity index (χ0v) is 21.6. The highest BCUT2D eigenvalue weighted by molar-refractivity contribution is 6.77. The van der Waals surface area contributed by atoms with Gasteiger partial charge in [0.2, 0.25) is 0 Å². The zero-order valence-electron chi connectivity index (χ0n) is 20.6. The number of Topliss-reactive ketones (excluding diaryl/α,β-unsaturated/α-hetero) is 1. The molecule has 1 fully saturated rings. The lowest BCUT2D eigenvalue weighted by Crippen LogP contribution is -2.63. The lowest BCUT2D eigenvalue weighted by atomic mass is 9.47. The predicted molar refractivity (Wildman–Crippen MR) is 122 cm³/mol. The smallest absolute Gasteiger partial charge is 0.309 e. The van der Waals surface area contributed by atoms with Gasteiger partial charge >= 0.3 is 5.97 Å². The van der Waals surface area contributed by atoms with Gasteiger partial charge in [0.25, 0.3) is 0 Å². The van der Waals surface area contributed by atoms with Gasteiger partial charge in [0, 0.05) is 5.92 Å². The number of fused-ring (bicyclic) bond motifs is 2. The second kappa shape index (κ2) is 8.77. The summed E-state index contributed by atoms with van der Waals surface area (Å²) in [6.45, 7) is 17.7. The molecule has 0 unspecified atom stereocenters. The van der Waals surface area contributed by atoms with Gasteiger partial charge in [0.05, 0.1) is 26.7 Å². The number of carbonyl (C=O) groups excluding carboxylic acids is 2. The fourth-order valence-corrected chi connectivity index (χ4v) is 12.0. The van der Waals surface area contributed by atoms with Crippen molar-refractivity contribution < 1.29 is 23.5 Å². The van der Waals surface area contributed by atoms with Crippen molar-refractivity contribution in [1.82, 2.24) is 0 Å². The summed E-state index contributed by atoms with van der Waals surface area (Å²) in [6.07, 6.45) is 3.18. The summed E-state index contributed by atoms with van der Waals surface area (Å²) in [7, 11) is 0.832. The molecule has 0 spiro atoms. The van der Waals surface area contributed by atoms with E-state index in [1.807, 2.05) is 19.9 Å². The Balaban J connectivity index is 2.63. The molecule has 0 aliphatic heterocycles. The molecule has 6 heteroatoms. The van der Waals surface area contributed by atoms with Crippen LogP contribution >= 0.6 is 0 Å². The van der Waals surface area contributed by atoms with Crippen LogP contribution in [0.1, 0.15) is 68.2 Å². The lowest BCUT2D eigenvalue weighted by molar-refractivity contribution is -0.173. The average molecular weight is 439 g/mol. The highest BCUT2D eigenvalue weighted by Crippen LogP contribution is 2.61. The Kier molecular flexibility index (Phi) is 7.35. The Morgan fingerprint density at radius 2 is 1.63 bits per heavy atom. The molecule has 0 radical (unpaired) electrons. The molecule has 1 saturated carbocycles. The Morgan fingerprint density at radius 1 is 1.10 bits per heavy atom. The molecule has 0 aromatic rings. The second-order valence-electron chi connectivity index (χ2n) is 10.6. The van der Waals surface area contributed by atoms with Crippen LogP contribution in [0.15, 0.2) is 11.8 Å². The number of esters is 1. The number of rotatable bonds is 8. The van der Waals surface area contributed by atoms with E-state index in [0.717, 1.165) is 0 Å². The summed E-state index contributed by atoms with van der Waals surface area (Å²) in [5.74, 6) is -0.00860. The number of methoxy groups -OCH3 is 2. The first-order valence-electron chi connectivity index (χ1n) is 11.3. The number of allylic oxidation sites excluding steroid dienone is 1. The fraction of sp³-hybridized carbons (Fsp3) is 0.833. The van der Waals surface area contributed by atoms with Crippen molar-refractivity contribution in [3.05, 3.63) is 11.8 Å². The number of hydrogen-bond donors (Lipinski definition) is 0. The summed E-state index contributed by atoms with van der Waals surface area (Å²) in [4.78, 5) is 26.6. The van der Waals surface area contributed by atoms with Crippen LogP contribution in [0.5, 0.6) is 0 Å². The quantitative estimate of drug-likeness (QED) is 0.370. The Labute approximate surface area is 184 Å². The van der Waals surface area contributed by atoms with Gasteiger partial charge in [-0.05, 0) is 41.0 Å². The van der Waals surface area contributed by atoms with Crippen molar-refractivity contribution in [2.45, 2.75) is 84.9 Å². The van der Waals surface area contributed by atoms with Gasteiger partial charge in [-0.1, -0.05) is 55.4 Å². The van der Waals surface area contributed by atoms with Crippen molar-refractivity contribution in [3.63, 3.8) is 0 Å². The van der Waals surface area contributed by atoms with E-state index in [4.69, 9.17) is 13.9 Å². The molecule has 2 aliphatic rings. The van der Waals surface area contributed by atoms with E-state index >= 15 is 0 Å². The third-order valence-electron chi connectivity index (χ3n) is 8.24. The molecule has 0 amide bonds. The molecule has 30 heavy (non-hydrogen) atoms. The standard InChI is InChI=1S/C24H42O5Si/c1-15(2)30(16(3)4,17(5)6)29-14-24-20(27-9)12-11-18(21(24)25)13-19(22(26)28-10)23(24,7)8/h12,15-19H,11,13-14H2,1-10H3/t18-,19+,24-/m0/s1. The molecular weight excluding hydrogens is 396 g/mol. The van der Waals surface area contributed by atoms with Crippen molar-refractivity contribution in [1.29, 1.82) is 0 Å². The molecule has 2 aliphatic carbocycles. The Hall–Kier alpha value is -1.14. The minimum atomic E-state index is -2.22. The molecule has 2 bridgehead atoms. The van der Waals surface area contributed by atoms with E-state index in [9.17, 15) is 9.59 Å². The van der Waals surface area contributed by atoms with Crippen LogP contribution in [0.25, 0.3) is 0 Å². The highest BCUT2D eigenvalue weighted by atomic mass is 28.4. The van der Waals surface area contributed by atoms with Gasteiger partial charge in [-0.3, -0.25) is 9.59 Å². The normalized spacial score (nSPS) is 28.7. The first-order valence-corrected chi connectivity index (χ1v) is 13.5. The van der Waals surface area contributed by atoms with Crippen LogP contribution in [0.4, 0.5) is 0 Å². The van der Waals surface area contributed by atoms with Crippen LogP contribution in [-0.4, -0.2) is 40.9 Å². The van der Waals surface area contributed by atoms with E-state index in [-0.39, 0.29) is 30.2 Å². The van der Waals surface area contributed by atoms with Gasteiger partial charge in [-0.25, -0.2) is 0 Å². The van der Waals surface area contributed by atoms with Gasteiger partial charge in [-0.2, -0.15) is 0 Å². The van der Waals surface area contributed by atoms with Crippen molar-refractivity contribution in [3.8, 4) is 0 Å².